The summed E-state index contributed by atoms with van der Waals surface area (Å²) in [5.41, 5.74) is 7.64. The van der Waals surface area contributed by atoms with Crippen LogP contribution in [0.1, 0.15) is 44.1 Å². The van der Waals surface area contributed by atoms with Crippen molar-refractivity contribution in [1.82, 2.24) is 15.3 Å². The van der Waals surface area contributed by atoms with E-state index in [0.29, 0.717) is 12.5 Å². The number of aromatic nitrogens is 2. The molecular weight excluding hydrogens is 300 g/mol. The Kier molecular flexibility index (Phi) is 5.64. The van der Waals surface area contributed by atoms with E-state index in [4.69, 9.17) is 5.73 Å². The van der Waals surface area contributed by atoms with Crippen molar-refractivity contribution in [3.05, 3.63) is 36.2 Å². The van der Waals surface area contributed by atoms with E-state index in [1.807, 2.05) is 24.4 Å². The second-order valence-corrected chi connectivity index (χ2v) is 6.66. The number of nitrogens with zero attached hydrogens (tertiary/aromatic N) is 1. The average Bonchev–Trinajstić information content (AvgIpc) is 3.03. The lowest BCUT2D eigenvalue weighted by Crippen LogP contribution is -2.40. The fourth-order valence-corrected chi connectivity index (χ4v) is 3.57. The number of H-pyrrole nitrogens is 1. The van der Waals surface area contributed by atoms with Crippen LogP contribution in [0.4, 0.5) is 0 Å². The highest BCUT2D eigenvalue weighted by Gasteiger charge is 2.18. The zero-order valence-electron chi connectivity index (χ0n) is 14.0. The van der Waals surface area contributed by atoms with Gasteiger partial charge in [0.25, 0.3) is 0 Å². The third-order valence-corrected chi connectivity index (χ3v) is 4.87. The van der Waals surface area contributed by atoms with Gasteiger partial charge in [0.2, 0.25) is 5.91 Å². The molecular formula is C19H26N4O. The molecule has 1 aliphatic rings. The minimum Gasteiger partial charge on any atom is -0.349 e. The van der Waals surface area contributed by atoms with Crippen LogP contribution in [0.3, 0.4) is 0 Å². The van der Waals surface area contributed by atoms with Crippen LogP contribution in [0.2, 0.25) is 0 Å². The molecule has 5 heteroatoms. The van der Waals surface area contributed by atoms with E-state index in [9.17, 15) is 4.79 Å². The van der Waals surface area contributed by atoms with Crippen LogP contribution in [0.25, 0.3) is 17.1 Å². The molecule has 128 valence electrons. The maximum atomic E-state index is 12.2. The SMILES string of the molecule is NC[C@H](CC1CCCCC1)NC(=O)C=Cc1c[nH]c2ncccc12. The van der Waals surface area contributed by atoms with Crippen LogP contribution in [-0.4, -0.2) is 28.5 Å². The molecule has 5 nitrogen and oxygen atoms in total. The number of hydrogen-bond donors (Lipinski definition) is 3. The zero-order valence-corrected chi connectivity index (χ0v) is 14.0. The topological polar surface area (TPSA) is 83.8 Å². The van der Waals surface area contributed by atoms with Crippen LogP contribution in [0, 0.1) is 5.92 Å². The lowest BCUT2D eigenvalue weighted by molar-refractivity contribution is -0.117. The Hall–Kier alpha value is -2.14. The van der Waals surface area contributed by atoms with Gasteiger partial charge in [-0.15, -0.1) is 0 Å². The third-order valence-electron chi connectivity index (χ3n) is 4.87. The highest BCUT2D eigenvalue weighted by atomic mass is 16.1. The van der Waals surface area contributed by atoms with Gasteiger partial charge in [0.1, 0.15) is 5.65 Å². The van der Waals surface area contributed by atoms with E-state index < -0.39 is 0 Å². The molecule has 0 aromatic carbocycles. The van der Waals surface area contributed by atoms with Gasteiger partial charge in [-0.2, -0.15) is 0 Å². The first kappa shape index (κ1) is 16.7. The van der Waals surface area contributed by atoms with Crippen molar-refractivity contribution in [2.75, 3.05) is 6.54 Å². The molecule has 1 atom stereocenters. The second-order valence-electron chi connectivity index (χ2n) is 6.66. The molecule has 4 N–H and O–H groups in total. The van der Waals surface area contributed by atoms with E-state index >= 15 is 0 Å². The number of nitrogens with one attached hydrogen (secondary N) is 2. The lowest BCUT2D eigenvalue weighted by atomic mass is 9.85. The van der Waals surface area contributed by atoms with E-state index in [1.165, 1.54) is 32.1 Å². The molecule has 2 aromatic heterocycles. The molecule has 0 saturated heterocycles. The molecule has 1 saturated carbocycles. The Morgan fingerprint density at radius 1 is 1.42 bits per heavy atom. The number of hydrogen-bond acceptors (Lipinski definition) is 3. The second kappa shape index (κ2) is 8.11. The lowest BCUT2D eigenvalue weighted by Gasteiger charge is -2.26. The number of pyridine rings is 1. The van der Waals surface area contributed by atoms with Gasteiger partial charge >= 0.3 is 0 Å². The summed E-state index contributed by atoms with van der Waals surface area (Å²) < 4.78 is 0. The number of rotatable bonds is 6. The van der Waals surface area contributed by atoms with Gasteiger partial charge in [0, 0.05) is 42.0 Å². The van der Waals surface area contributed by atoms with Gasteiger partial charge < -0.3 is 16.0 Å². The van der Waals surface area contributed by atoms with E-state index in [2.05, 4.69) is 15.3 Å². The van der Waals surface area contributed by atoms with Crippen molar-refractivity contribution in [3.8, 4) is 0 Å². The molecule has 0 unspecified atom stereocenters. The summed E-state index contributed by atoms with van der Waals surface area (Å²) in [6, 6.07) is 3.94. The summed E-state index contributed by atoms with van der Waals surface area (Å²) in [5, 5.41) is 4.06. The third kappa shape index (κ3) is 4.23. The Bertz CT molecular complexity index is 700. The van der Waals surface area contributed by atoms with Crippen LogP contribution < -0.4 is 11.1 Å². The Morgan fingerprint density at radius 3 is 3.04 bits per heavy atom. The molecule has 0 radical (unpaired) electrons. The van der Waals surface area contributed by atoms with Crippen LogP contribution >= 0.6 is 0 Å². The maximum Gasteiger partial charge on any atom is 0.244 e. The summed E-state index contributed by atoms with van der Waals surface area (Å²) in [4.78, 5) is 19.6. The van der Waals surface area contributed by atoms with Crippen LogP contribution in [0.15, 0.2) is 30.6 Å². The summed E-state index contributed by atoms with van der Waals surface area (Å²) in [6.07, 6.45) is 14.5. The van der Waals surface area contributed by atoms with Gasteiger partial charge in [-0.3, -0.25) is 4.79 Å². The standard InChI is InChI=1S/C19H26N4O/c20-12-16(11-14-5-2-1-3-6-14)23-18(24)9-8-15-13-22-19-17(15)7-4-10-21-19/h4,7-10,13-14,16H,1-3,5-6,11-12,20H2,(H,21,22)(H,23,24)/t16-/m0/s1. The molecule has 0 aliphatic heterocycles. The predicted octanol–water partition coefficient (Wildman–Crippen LogP) is 2.99. The largest absolute Gasteiger partial charge is 0.349 e. The predicted molar refractivity (Wildman–Crippen MR) is 97.3 cm³/mol. The summed E-state index contributed by atoms with van der Waals surface area (Å²) in [6.45, 7) is 0.493. The normalized spacial score (nSPS) is 17.4. The number of carbonyl (C=O) groups is 1. The van der Waals surface area contributed by atoms with Crippen molar-refractivity contribution in [2.24, 2.45) is 11.7 Å². The van der Waals surface area contributed by atoms with Crippen molar-refractivity contribution >= 4 is 23.0 Å². The summed E-state index contributed by atoms with van der Waals surface area (Å²) in [5.74, 6) is 0.621. The first-order valence-electron chi connectivity index (χ1n) is 8.87. The number of carbonyl (C=O) groups excluding carboxylic acids is 1. The molecule has 1 fully saturated rings. The number of fused-ring (bicyclic) bond motifs is 1. The van der Waals surface area contributed by atoms with E-state index in [-0.39, 0.29) is 11.9 Å². The highest BCUT2D eigenvalue weighted by molar-refractivity contribution is 5.95. The Balaban J connectivity index is 1.57. The van der Waals surface area contributed by atoms with Crippen molar-refractivity contribution in [3.63, 3.8) is 0 Å². The van der Waals surface area contributed by atoms with E-state index in [1.54, 1.807) is 12.3 Å². The van der Waals surface area contributed by atoms with Crippen molar-refractivity contribution < 1.29 is 4.79 Å². The van der Waals surface area contributed by atoms with Gasteiger partial charge in [-0.25, -0.2) is 4.98 Å². The van der Waals surface area contributed by atoms with Crippen molar-refractivity contribution in [2.45, 2.75) is 44.6 Å². The number of aromatic amines is 1. The fraction of sp³-hybridized carbons (Fsp3) is 0.474. The number of amides is 1. The van der Waals surface area contributed by atoms with Gasteiger partial charge in [0.05, 0.1) is 0 Å². The minimum absolute atomic E-state index is 0.0647. The van der Waals surface area contributed by atoms with Crippen molar-refractivity contribution in [1.29, 1.82) is 0 Å². The average molecular weight is 326 g/mol. The van der Waals surface area contributed by atoms with Gasteiger partial charge in [-0.05, 0) is 30.5 Å². The van der Waals surface area contributed by atoms with E-state index in [0.717, 1.165) is 23.0 Å². The molecule has 1 aliphatic carbocycles. The molecule has 2 aromatic rings. The summed E-state index contributed by atoms with van der Waals surface area (Å²) >= 11 is 0. The molecule has 24 heavy (non-hydrogen) atoms. The quantitative estimate of drug-likeness (QED) is 0.714. The maximum absolute atomic E-state index is 12.2. The first-order chi connectivity index (χ1) is 11.8. The highest BCUT2D eigenvalue weighted by Crippen LogP contribution is 2.27. The molecule has 1 amide bonds. The number of nitrogens with two attached hydrogens (primary N) is 1. The summed E-state index contributed by atoms with van der Waals surface area (Å²) in [7, 11) is 0. The van der Waals surface area contributed by atoms with Crippen LogP contribution in [0.5, 0.6) is 0 Å². The van der Waals surface area contributed by atoms with Crippen LogP contribution in [-0.2, 0) is 4.79 Å². The fourth-order valence-electron chi connectivity index (χ4n) is 3.57. The molecule has 3 rings (SSSR count). The Morgan fingerprint density at radius 2 is 2.25 bits per heavy atom. The molecule has 2 heterocycles. The minimum atomic E-state index is -0.0838. The van der Waals surface area contributed by atoms with Gasteiger partial charge in [-0.1, -0.05) is 32.1 Å². The molecule has 0 spiro atoms. The molecule has 0 bridgehead atoms. The smallest absolute Gasteiger partial charge is 0.244 e. The van der Waals surface area contributed by atoms with Gasteiger partial charge in [0.15, 0.2) is 0 Å². The Labute approximate surface area is 142 Å². The first-order valence-corrected chi connectivity index (χ1v) is 8.87. The zero-order chi connectivity index (χ0) is 16.8. The monoisotopic (exact) mass is 326 g/mol.